The van der Waals surface area contributed by atoms with E-state index in [-0.39, 0.29) is 17.4 Å². The Hall–Kier alpha value is -3.42. The Bertz CT molecular complexity index is 919. The van der Waals surface area contributed by atoms with E-state index in [1.807, 2.05) is 24.3 Å². The molecular formula is C16H15N5O3. The van der Waals surface area contributed by atoms with Crippen molar-refractivity contribution in [2.24, 2.45) is 5.10 Å². The number of aromatic hydroxyl groups is 2. The van der Waals surface area contributed by atoms with Crippen molar-refractivity contribution in [2.75, 3.05) is 0 Å². The molecule has 122 valence electrons. The highest BCUT2D eigenvalue weighted by atomic mass is 16.3. The second-order valence-corrected chi connectivity index (χ2v) is 5.18. The van der Waals surface area contributed by atoms with Gasteiger partial charge >= 0.3 is 0 Å². The summed E-state index contributed by atoms with van der Waals surface area (Å²) in [4.78, 5) is 12.2. The Balaban J connectivity index is 1.71. The van der Waals surface area contributed by atoms with Crippen molar-refractivity contribution in [3.05, 3.63) is 48.0 Å². The number of phenolic OH excluding ortho intramolecular Hbond substituents is 2. The van der Waals surface area contributed by atoms with Crippen LogP contribution in [0.1, 0.15) is 18.5 Å². The zero-order valence-corrected chi connectivity index (χ0v) is 12.8. The third kappa shape index (κ3) is 3.02. The van der Waals surface area contributed by atoms with Crippen molar-refractivity contribution in [3.8, 4) is 11.5 Å². The summed E-state index contributed by atoms with van der Waals surface area (Å²) >= 11 is 0. The van der Waals surface area contributed by atoms with Crippen molar-refractivity contribution in [1.82, 2.24) is 20.4 Å². The van der Waals surface area contributed by atoms with E-state index in [0.29, 0.717) is 11.1 Å². The number of carbonyl (C=O) groups excluding carboxylic acids is 1. The fourth-order valence-corrected chi connectivity index (χ4v) is 2.18. The van der Waals surface area contributed by atoms with E-state index < -0.39 is 6.04 Å². The standard InChI is InChI=1S/C16H15N5O3/c1-10(21-14-5-3-2-4-13(14)18-20-21)16(24)19-17-9-11-6-7-12(22)8-15(11)23/h2-10,22-23H,1H3,(H,19,24). The van der Waals surface area contributed by atoms with Crippen LogP contribution in [-0.2, 0) is 4.79 Å². The fourth-order valence-electron chi connectivity index (χ4n) is 2.18. The van der Waals surface area contributed by atoms with Crippen LogP contribution in [0.5, 0.6) is 11.5 Å². The van der Waals surface area contributed by atoms with Gasteiger partial charge < -0.3 is 10.2 Å². The van der Waals surface area contributed by atoms with E-state index in [9.17, 15) is 15.0 Å². The summed E-state index contributed by atoms with van der Waals surface area (Å²) in [6.07, 6.45) is 1.29. The molecule has 0 fully saturated rings. The van der Waals surface area contributed by atoms with Crippen LogP contribution in [0.3, 0.4) is 0 Å². The summed E-state index contributed by atoms with van der Waals surface area (Å²) in [5, 5.41) is 30.7. The van der Waals surface area contributed by atoms with Gasteiger partial charge in [-0.25, -0.2) is 10.1 Å². The van der Waals surface area contributed by atoms with Crippen LogP contribution in [0.15, 0.2) is 47.6 Å². The van der Waals surface area contributed by atoms with Gasteiger partial charge in [0.25, 0.3) is 5.91 Å². The summed E-state index contributed by atoms with van der Waals surface area (Å²) < 4.78 is 1.51. The molecule has 1 heterocycles. The molecule has 2 aromatic carbocycles. The van der Waals surface area contributed by atoms with Gasteiger partial charge in [-0.2, -0.15) is 5.10 Å². The SMILES string of the molecule is CC(C(=O)NN=Cc1ccc(O)cc1O)n1nnc2ccccc21. The van der Waals surface area contributed by atoms with Crippen LogP contribution in [0.2, 0.25) is 0 Å². The number of amides is 1. The molecule has 0 aliphatic heterocycles. The fraction of sp³-hybridized carbons (Fsp3) is 0.125. The third-order valence-corrected chi connectivity index (χ3v) is 3.52. The van der Waals surface area contributed by atoms with Gasteiger partial charge in [-0.05, 0) is 31.2 Å². The minimum absolute atomic E-state index is 0.0552. The molecule has 24 heavy (non-hydrogen) atoms. The minimum atomic E-state index is -0.608. The molecule has 8 nitrogen and oxygen atoms in total. The van der Waals surface area contributed by atoms with Crippen LogP contribution in [-0.4, -0.2) is 37.3 Å². The summed E-state index contributed by atoms with van der Waals surface area (Å²) in [5.74, 6) is -0.566. The molecule has 1 aromatic heterocycles. The Morgan fingerprint density at radius 1 is 1.29 bits per heavy atom. The molecule has 0 aliphatic rings. The number of hydrogen-bond acceptors (Lipinski definition) is 6. The summed E-state index contributed by atoms with van der Waals surface area (Å²) in [5.41, 5.74) is 4.22. The Morgan fingerprint density at radius 2 is 2.08 bits per heavy atom. The highest BCUT2D eigenvalue weighted by Crippen LogP contribution is 2.20. The first kappa shape index (κ1) is 15.5. The normalized spacial score (nSPS) is 12.5. The zero-order valence-electron chi connectivity index (χ0n) is 12.8. The van der Waals surface area contributed by atoms with E-state index in [0.717, 1.165) is 5.52 Å². The molecule has 1 unspecified atom stereocenters. The molecule has 0 saturated heterocycles. The largest absolute Gasteiger partial charge is 0.508 e. The number of para-hydroxylation sites is 1. The van der Waals surface area contributed by atoms with E-state index in [1.165, 1.54) is 29.1 Å². The number of carbonyl (C=O) groups is 1. The van der Waals surface area contributed by atoms with E-state index in [4.69, 9.17) is 0 Å². The lowest BCUT2D eigenvalue weighted by molar-refractivity contribution is -0.124. The zero-order chi connectivity index (χ0) is 17.1. The van der Waals surface area contributed by atoms with E-state index in [2.05, 4.69) is 20.8 Å². The van der Waals surface area contributed by atoms with Gasteiger partial charge in [-0.1, -0.05) is 17.3 Å². The Morgan fingerprint density at radius 3 is 2.88 bits per heavy atom. The number of benzene rings is 2. The van der Waals surface area contributed by atoms with Crippen molar-refractivity contribution < 1.29 is 15.0 Å². The summed E-state index contributed by atoms with van der Waals surface area (Å²) in [6, 6.07) is 10.8. The summed E-state index contributed by atoms with van der Waals surface area (Å²) in [7, 11) is 0. The van der Waals surface area contributed by atoms with Gasteiger partial charge in [-0.15, -0.1) is 5.10 Å². The lowest BCUT2D eigenvalue weighted by Gasteiger charge is -2.10. The van der Waals surface area contributed by atoms with Crippen LogP contribution < -0.4 is 5.43 Å². The van der Waals surface area contributed by atoms with Crippen molar-refractivity contribution >= 4 is 23.2 Å². The molecule has 0 aliphatic carbocycles. The predicted molar refractivity (Wildman–Crippen MR) is 87.7 cm³/mol. The summed E-state index contributed by atoms with van der Waals surface area (Å²) in [6.45, 7) is 1.68. The molecule has 0 radical (unpaired) electrons. The molecule has 0 spiro atoms. The van der Waals surface area contributed by atoms with Crippen LogP contribution in [0.4, 0.5) is 0 Å². The van der Waals surface area contributed by atoms with Crippen molar-refractivity contribution in [3.63, 3.8) is 0 Å². The van der Waals surface area contributed by atoms with Gasteiger partial charge in [0.1, 0.15) is 23.1 Å². The smallest absolute Gasteiger partial charge is 0.264 e. The maximum atomic E-state index is 12.2. The number of hydrogen-bond donors (Lipinski definition) is 3. The highest BCUT2D eigenvalue weighted by Gasteiger charge is 2.18. The van der Waals surface area contributed by atoms with Gasteiger partial charge in [-0.3, -0.25) is 4.79 Å². The van der Waals surface area contributed by atoms with E-state index in [1.54, 1.807) is 6.92 Å². The first-order chi connectivity index (χ1) is 11.6. The first-order valence-corrected chi connectivity index (χ1v) is 7.21. The predicted octanol–water partition coefficient (Wildman–Crippen LogP) is 1.55. The third-order valence-electron chi connectivity index (χ3n) is 3.52. The lowest BCUT2D eigenvalue weighted by Crippen LogP contribution is -2.28. The number of rotatable bonds is 4. The number of phenols is 2. The molecule has 8 heteroatoms. The monoisotopic (exact) mass is 325 g/mol. The number of fused-ring (bicyclic) bond motifs is 1. The molecule has 3 rings (SSSR count). The minimum Gasteiger partial charge on any atom is -0.508 e. The quantitative estimate of drug-likeness (QED) is 0.497. The van der Waals surface area contributed by atoms with Crippen LogP contribution in [0.25, 0.3) is 11.0 Å². The molecule has 1 amide bonds. The first-order valence-electron chi connectivity index (χ1n) is 7.21. The van der Waals surface area contributed by atoms with Crippen molar-refractivity contribution in [1.29, 1.82) is 0 Å². The maximum Gasteiger partial charge on any atom is 0.264 e. The molecule has 3 aromatic rings. The maximum absolute atomic E-state index is 12.2. The Labute approximate surface area is 137 Å². The molecule has 0 bridgehead atoms. The van der Waals surface area contributed by atoms with Gasteiger partial charge in [0.15, 0.2) is 0 Å². The number of aromatic nitrogens is 3. The second-order valence-electron chi connectivity index (χ2n) is 5.18. The van der Waals surface area contributed by atoms with Gasteiger partial charge in [0.2, 0.25) is 0 Å². The molecule has 3 N–H and O–H groups in total. The molecular weight excluding hydrogens is 310 g/mol. The average molecular weight is 325 g/mol. The second kappa shape index (κ2) is 6.37. The Kier molecular flexibility index (Phi) is 4.11. The number of hydrazone groups is 1. The molecule has 0 saturated carbocycles. The number of nitrogens with zero attached hydrogens (tertiary/aromatic N) is 4. The topological polar surface area (TPSA) is 113 Å². The lowest BCUT2D eigenvalue weighted by atomic mass is 10.2. The van der Waals surface area contributed by atoms with Crippen LogP contribution in [0, 0.1) is 0 Å². The van der Waals surface area contributed by atoms with Gasteiger partial charge in [0.05, 0.1) is 11.7 Å². The number of nitrogens with one attached hydrogen (secondary N) is 1. The average Bonchev–Trinajstić information content (AvgIpc) is 3.00. The highest BCUT2D eigenvalue weighted by molar-refractivity contribution is 5.87. The van der Waals surface area contributed by atoms with Gasteiger partial charge in [0, 0.05) is 11.6 Å². The van der Waals surface area contributed by atoms with E-state index >= 15 is 0 Å². The van der Waals surface area contributed by atoms with Crippen molar-refractivity contribution in [2.45, 2.75) is 13.0 Å². The molecule has 1 atom stereocenters. The van der Waals surface area contributed by atoms with Crippen LogP contribution >= 0.6 is 0 Å².